The quantitative estimate of drug-likeness (QED) is 0.443. The first-order chi connectivity index (χ1) is 5.91. The summed E-state index contributed by atoms with van der Waals surface area (Å²) in [5, 5.41) is 0. The molecule has 0 spiro atoms. The summed E-state index contributed by atoms with van der Waals surface area (Å²) < 4.78 is 0. The fourth-order valence-corrected chi connectivity index (χ4v) is 1.40. The molecule has 0 aromatic heterocycles. The van der Waals surface area contributed by atoms with E-state index in [9.17, 15) is 0 Å². The van der Waals surface area contributed by atoms with Crippen LogP contribution < -0.4 is 0 Å². The minimum absolute atomic E-state index is 1.09. The fourth-order valence-electron chi connectivity index (χ4n) is 1.40. The molecule has 12 heavy (non-hydrogen) atoms. The van der Waals surface area contributed by atoms with E-state index in [0.717, 1.165) is 6.42 Å². The molecular weight excluding hydrogens is 144 g/mol. The number of hydrogen-bond acceptors (Lipinski definition) is 0. The summed E-state index contributed by atoms with van der Waals surface area (Å²) in [6.45, 7) is 7.54. The van der Waals surface area contributed by atoms with Gasteiger partial charge in [-0.2, -0.15) is 0 Å². The molecule has 0 unspecified atom stereocenters. The highest BCUT2D eigenvalue weighted by Gasteiger charge is 1.89. The van der Waals surface area contributed by atoms with Crippen LogP contribution in [-0.4, -0.2) is 0 Å². The second kappa shape index (κ2) is 10.7. The second-order valence-electron chi connectivity index (χ2n) is 3.50. The van der Waals surface area contributed by atoms with E-state index in [4.69, 9.17) is 6.58 Å². The molecule has 71 valence electrons. The Bertz CT molecular complexity index is 84.0. The Morgan fingerprint density at radius 2 is 1.33 bits per heavy atom. The van der Waals surface area contributed by atoms with Crippen molar-refractivity contribution in [3.8, 4) is 0 Å². The van der Waals surface area contributed by atoms with Gasteiger partial charge in [0.2, 0.25) is 0 Å². The highest BCUT2D eigenvalue weighted by Crippen LogP contribution is 2.09. The zero-order valence-electron chi connectivity index (χ0n) is 8.52. The van der Waals surface area contributed by atoms with Crippen molar-refractivity contribution >= 4 is 0 Å². The van der Waals surface area contributed by atoms with Gasteiger partial charge in [-0.15, -0.1) is 0 Å². The van der Waals surface area contributed by atoms with Crippen molar-refractivity contribution < 1.29 is 0 Å². The van der Waals surface area contributed by atoms with E-state index in [2.05, 4.69) is 6.92 Å². The van der Waals surface area contributed by atoms with Gasteiger partial charge in [0.05, 0.1) is 0 Å². The van der Waals surface area contributed by atoms with Gasteiger partial charge in [0.25, 0.3) is 0 Å². The van der Waals surface area contributed by atoms with E-state index in [1.165, 1.54) is 51.4 Å². The van der Waals surface area contributed by atoms with Crippen LogP contribution in [0.15, 0.2) is 6.08 Å². The maximum absolute atomic E-state index is 5.28. The lowest BCUT2D eigenvalue weighted by Crippen LogP contribution is -1.79. The molecule has 0 amide bonds. The lowest BCUT2D eigenvalue weighted by Gasteiger charge is -1.99. The van der Waals surface area contributed by atoms with Crippen molar-refractivity contribution in [3.05, 3.63) is 12.7 Å². The summed E-state index contributed by atoms with van der Waals surface area (Å²) in [4.78, 5) is 0. The maximum atomic E-state index is 5.28. The second-order valence-corrected chi connectivity index (χ2v) is 3.50. The highest BCUT2D eigenvalue weighted by atomic mass is 14.0. The Balaban J connectivity index is 2.77. The molecule has 0 heterocycles. The number of allylic oxidation sites excluding steroid dienone is 1. The van der Waals surface area contributed by atoms with E-state index < -0.39 is 0 Å². The zero-order chi connectivity index (χ0) is 9.07. The lowest BCUT2D eigenvalue weighted by molar-refractivity contribution is 0.577. The summed E-state index contributed by atoms with van der Waals surface area (Å²) in [5.41, 5.74) is 0. The van der Waals surface area contributed by atoms with E-state index in [1.54, 1.807) is 6.08 Å². The van der Waals surface area contributed by atoms with E-state index in [1.807, 2.05) is 0 Å². The van der Waals surface area contributed by atoms with Crippen LogP contribution in [0.3, 0.4) is 0 Å². The van der Waals surface area contributed by atoms with Crippen LogP contribution in [0.2, 0.25) is 0 Å². The van der Waals surface area contributed by atoms with Crippen LogP contribution in [0.25, 0.3) is 0 Å². The Kier molecular flexibility index (Phi) is 10.5. The van der Waals surface area contributed by atoms with Gasteiger partial charge in [0, 0.05) is 0 Å². The average molecular weight is 167 g/mol. The van der Waals surface area contributed by atoms with Crippen molar-refractivity contribution in [1.82, 2.24) is 0 Å². The molecule has 0 aromatic rings. The van der Waals surface area contributed by atoms with Gasteiger partial charge in [-0.1, -0.05) is 64.5 Å². The summed E-state index contributed by atoms with van der Waals surface area (Å²) in [6, 6.07) is 0. The highest BCUT2D eigenvalue weighted by molar-refractivity contribution is 4.61. The lowest BCUT2D eigenvalue weighted by atomic mass is 10.1. The molecule has 0 aliphatic rings. The Morgan fingerprint density at radius 3 is 1.83 bits per heavy atom. The molecule has 0 saturated heterocycles. The van der Waals surface area contributed by atoms with Crippen LogP contribution in [0.4, 0.5) is 0 Å². The number of unbranched alkanes of at least 4 members (excludes halogenated alkanes) is 8. The van der Waals surface area contributed by atoms with Gasteiger partial charge >= 0.3 is 0 Å². The molecule has 0 aromatic carbocycles. The van der Waals surface area contributed by atoms with Crippen LogP contribution >= 0.6 is 0 Å². The zero-order valence-corrected chi connectivity index (χ0v) is 8.52. The standard InChI is InChI=1S/C12H23/c1-3-5-7-9-11-12-10-8-6-4-2/h1,3H,4-12H2,2H3. The van der Waals surface area contributed by atoms with Gasteiger partial charge in [-0.05, 0) is 12.8 Å². The topological polar surface area (TPSA) is 0 Å². The van der Waals surface area contributed by atoms with Gasteiger partial charge in [0.1, 0.15) is 0 Å². The van der Waals surface area contributed by atoms with Crippen molar-refractivity contribution in [3.63, 3.8) is 0 Å². The summed E-state index contributed by atoms with van der Waals surface area (Å²) in [5.74, 6) is 0. The van der Waals surface area contributed by atoms with Crippen LogP contribution in [-0.2, 0) is 0 Å². The van der Waals surface area contributed by atoms with Gasteiger partial charge < -0.3 is 0 Å². The molecule has 0 rings (SSSR count). The van der Waals surface area contributed by atoms with Crippen LogP contribution in [0.5, 0.6) is 0 Å². The summed E-state index contributed by atoms with van der Waals surface area (Å²) in [6.07, 6.45) is 14.0. The van der Waals surface area contributed by atoms with Crippen LogP contribution in [0, 0.1) is 6.58 Å². The fraction of sp³-hybridized carbons (Fsp3) is 0.833. The van der Waals surface area contributed by atoms with Crippen molar-refractivity contribution in [2.45, 2.75) is 64.7 Å². The number of hydrogen-bond donors (Lipinski definition) is 0. The molecule has 0 aliphatic carbocycles. The predicted molar refractivity (Wildman–Crippen MR) is 56.1 cm³/mol. The third-order valence-electron chi connectivity index (χ3n) is 2.22. The van der Waals surface area contributed by atoms with Crippen molar-refractivity contribution in [1.29, 1.82) is 0 Å². The van der Waals surface area contributed by atoms with Crippen molar-refractivity contribution in [2.75, 3.05) is 0 Å². The molecule has 0 N–H and O–H groups in total. The Morgan fingerprint density at radius 1 is 0.833 bits per heavy atom. The third-order valence-corrected chi connectivity index (χ3v) is 2.22. The molecule has 0 heteroatoms. The molecule has 0 saturated carbocycles. The van der Waals surface area contributed by atoms with E-state index in [-0.39, 0.29) is 0 Å². The van der Waals surface area contributed by atoms with Crippen LogP contribution in [0.1, 0.15) is 64.7 Å². The number of rotatable bonds is 9. The minimum atomic E-state index is 1.09. The average Bonchev–Trinajstić information content (AvgIpc) is 2.10. The predicted octanol–water partition coefficient (Wildman–Crippen LogP) is 4.51. The van der Waals surface area contributed by atoms with Gasteiger partial charge in [0.15, 0.2) is 0 Å². The Hall–Kier alpha value is -0.260. The summed E-state index contributed by atoms with van der Waals surface area (Å²) in [7, 11) is 0. The van der Waals surface area contributed by atoms with E-state index >= 15 is 0 Å². The molecule has 0 bridgehead atoms. The normalized spacial score (nSPS) is 10.1. The van der Waals surface area contributed by atoms with E-state index in [0.29, 0.717) is 0 Å². The molecule has 0 nitrogen and oxygen atoms in total. The van der Waals surface area contributed by atoms with Crippen molar-refractivity contribution in [2.24, 2.45) is 0 Å². The van der Waals surface area contributed by atoms with Gasteiger partial charge in [-0.3, -0.25) is 0 Å². The largest absolute Gasteiger partial charge is 0.0845 e. The summed E-state index contributed by atoms with van der Waals surface area (Å²) >= 11 is 0. The molecule has 0 fully saturated rings. The smallest absolute Gasteiger partial charge is 0.0348 e. The Labute approximate surface area is 78.1 Å². The monoisotopic (exact) mass is 167 g/mol. The SMILES string of the molecule is [CH]=CCCCCCCCCCC. The molecule has 0 atom stereocenters. The first kappa shape index (κ1) is 11.7. The van der Waals surface area contributed by atoms with Gasteiger partial charge in [-0.25, -0.2) is 0 Å². The molecule has 1 radical (unpaired) electrons. The first-order valence-electron chi connectivity index (χ1n) is 5.45. The minimum Gasteiger partial charge on any atom is -0.0845 e. The maximum Gasteiger partial charge on any atom is -0.0348 e. The third kappa shape index (κ3) is 9.74. The molecular formula is C12H23. The molecule has 0 aliphatic heterocycles. The first-order valence-corrected chi connectivity index (χ1v) is 5.45.